The summed E-state index contributed by atoms with van der Waals surface area (Å²) in [5.74, 6) is -0.845. The van der Waals surface area contributed by atoms with Gasteiger partial charge in [0, 0.05) is 31.2 Å². The average molecular weight is 1050 g/mol. The lowest BCUT2D eigenvalue weighted by atomic mass is 9.83. The first-order chi connectivity index (χ1) is 33.9. The number of aliphatic hydroxyl groups is 13. The molecule has 2 saturated carbocycles. The van der Waals surface area contributed by atoms with Crippen LogP contribution >= 0.6 is 0 Å². The highest BCUT2D eigenvalue weighted by molar-refractivity contribution is 5.80. The Morgan fingerprint density at radius 3 is 1.38 bits per heavy atom. The molecule has 0 aromatic rings. The van der Waals surface area contributed by atoms with Gasteiger partial charge in [0.1, 0.15) is 104 Å². The number of aliphatic hydroxyl groups excluding tert-OH is 13. The molecule has 0 unspecified atom stereocenters. The zero-order valence-electron chi connectivity index (χ0n) is 39.4. The van der Waals surface area contributed by atoms with Gasteiger partial charge in [-0.2, -0.15) is 0 Å². The fourth-order valence-corrected chi connectivity index (χ4v) is 9.50. The molecule has 422 valence electrons. The van der Waals surface area contributed by atoms with Crippen LogP contribution in [0.5, 0.6) is 0 Å². The van der Waals surface area contributed by atoms with Crippen LogP contribution in [0, 0.1) is 0 Å². The quantitative estimate of drug-likeness (QED) is 0.0682. The van der Waals surface area contributed by atoms with Crippen LogP contribution in [0.4, 0.5) is 0 Å². The standard InChI is InChI=1S/C22H43N5O13.C18H37N5O9/c23-2-1-8(29)20(36)27-7-3-6(25)18(39-22-16(34)15(33)13(31)9(4-24)37-22)17(35)19(7)40-21-14(32)11(26)12(30)10(5-28)38-21;19-3-9-8(25)2-7(22)17(29-9)31-15-5(20)1-6(21)16(14(15)28)32-18-13(27)11(23)12(26)10(4-24)30-18/h6-19,21-22,28-35H,1-5,23-26H2,(H,27,36);5-18,24-28H,1-4,19-23H2/t6-,7+,8-,9+,10+,11-,12+,13+,14+,15-,16+,17-,18+,19-,21+,22+;5-,6+,7+,8-,9+,10+,11-,12+,13+,14-,15+,16-,17+,18+/m00/s1. The molecule has 1 amide bonds. The minimum atomic E-state index is -1.76. The molecule has 6 aliphatic rings. The van der Waals surface area contributed by atoms with Gasteiger partial charge >= 0.3 is 0 Å². The summed E-state index contributed by atoms with van der Waals surface area (Å²) < 4.78 is 45.2. The molecule has 6 rings (SSSR count). The Morgan fingerprint density at radius 2 is 0.903 bits per heavy atom. The number of carbonyl (C=O) groups excluding carboxylic acids is 1. The number of hydrogen-bond donors (Lipinski definition) is 23. The molecule has 2 aliphatic carbocycles. The summed E-state index contributed by atoms with van der Waals surface area (Å²) in [6.07, 6.45) is -30.6. The molecule has 0 aromatic heterocycles. The molecule has 4 heterocycles. The molecule has 0 radical (unpaired) electrons. The second kappa shape index (κ2) is 27.0. The Balaban J connectivity index is 0.000000274. The molecule has 4 saturated heterocycles. The fourth-order valence-electron chi connectivity index (χ4n) is 9.50. The molecule has 6 fully saturated rings. The van der Waals surface area contributed by atoms with Gasteiger partial charge in [0.2, 0.25) is 5.91 Å². The first-order valence-electron chi connectivity index (χ1n) is 23.8. The van der Waals surface area contributed by atoms with E-state index in [-0.39, 0.29) is 45.3 Å². The molecule has 0 aromatic carbocycles. The van der Waals surface area contributed by atoms with Crippen molar-refractivity contribution in [3.8, 4) is 0 Å². The average Bonchev–Trinajstić information content (AvgIpc) is 3.34. The van der Waals surface area contributed by atoms with E-state index >= 15 is 0 Å². The second-order valence-corrected chi connectivity index (χ2v) is 19.1. The van der Waals surface area contributed by atoms with Crippen molar-refractivity contribution in [3.05, 3.63) is 0 Å². The number of nitrogens with one attached hydrogen (secondary N) is 1. The van der Waals surface area contributed by atoms with E-state index in [9.17, 15) is 71.2 Å². The van der Waals surface area contributed by atoms with Crippen molar-refractivity contribution >= 4 is 5.91 Å². The molecule has 32 heteroatoms. The zero-order valence-corrected chi connectivity index (χ0v) is 39.4. The Morgan fingerprint density at radius 1 is 0.486 bits per heavy atom. The molecule has 72 heavy (non-hydrogen) atoms. The van der Waals surface area contributed by atoms with Crippen LogP contribution in [0.25, 0.3) is 0 Å². The van der Waals surface area contributed by atoms with E-state index in [0.717, 1.165) is 0 Å². The van der Waals surface area contributed by atoms with Gasteiger partial charge in [0.15, 0.2) is 25.2 Å². The largest absolute Gasteiger partial charge is 0.394 e. The molecular weight excluding hydrogens is 972 g/mol. The lowest BCUT2D eigenvalue weighted by molar-refractivity contribution is -0.332. The van der Waals surface area contributed by atoms with Crippen LogP contribution in [-0.2, 0) is 42.7 Å². The van der Waals surface area contributed by atoms with Crippen molar-refractivity contribution < 1.29 is 109 Å². The minimum Gasteiger partial charge on any atom is -0.394 e. The monoisotopic (exact) mass is 1050 g/mol. The third-order valence-corrected chi connectivity index (χ3v) is 13.9. The molecule has 0 spiro atoms. The Kier molecular flexibility index (Phi) is 23.0. The van der Waals surface area contributed by atoms with Gasteiger partial charge in [-0.3, -0.25) is 4.79 Å². The van der Waals surface area contributed by atoms with Crippen molar-refractivity contribution in [1.82, 2.24) is 5.32 Å². The van der Waals surface area contributed by atoms with E-state index in [1.807, 2.05) is 0 Å². The third kappa shape index (κ3) is 13.9. The van der Waals surface area contributed by atoms with Crippen molar-refractivity contribution in [1.29, 1.82) is 0 Å². The van der Waals surface area contributed by atoms with Crippen LogP contribution in [0.3, 0.4) is 0 Å². The van der Waals surface area contributed by atoms with E-state index in [1.165, 1.54) is 0 Å². The summed E-state index contributed by atoms with van der Waals surface area (Å²) in [6.45, 7) is -1.40. The van der Waals surface area contributed by atoms with Crippen LogP contribution < -0.4 is 56.9 Å². The van der Waals surface area contributed by atoms with E-state index < -0.39 is 203 Å². The predicted molar refractivity (Wildman–Crippen MR) is 240 cm³/mol. The van der Waals surface area contributed by atoms with E-state index in [0.29, 0.717) is 0 Å². The number of carbonyl (C=O) groups is 1. The summed E-state index contributed by atoms with van der Waals surface area (Å²) in [7, 11) is 0. The first kappa shape index (κ1) is 61.1. The Bertz CT molecular complexity index is 1650. The van der Waals surface area contributed by atoms with Crippen molar-refractivity contribution in [2.45, 2.75) is 209 Å². The molecule has 32 N–H and O–H groups in total. The van der Waals surface area contributed by atoms with Crippen molar-refractivity contribution in [2.24, 2.45) is 51.6 Å². The fraction of sp³-hybridized carbons (Fsp3) is 0.975. The van der Waals surface area contributed by atoms with E-state index in [1.54, 1.807) is 0 Å². The topological polar surface area (TPSA) is 600 Å². The summed E-state index contributed by atoms with van der Waals surface area (Å²) in [4.78, 5) is 12.6. The summed E-state index contributed by atoms with van der Waals surface area (Å²) in [6, 6.07) is -6.72. The van der Waals surface area contributed by atoms with Crippen LogP contribution in [-0.4, -0.2) is 289 Å². The van der Waals surface area contributed by atoms with Gasteiger partial charge in [0.05, 0.1) is 49.6 Å². The molecule has 30 atom stereocenters. The minimum absolute atomic E-state index is 0.0101. The van der Waals surface area contributed by atoms with Gasteiger partial charge in [0.25, 0.3) is 0 Å². The van der Waals surface area contributed by atoms with E-state index in [4.69, 9.17) is 89.5 Å². The Hall–Kier alpha value is -1.73. The summed E-state index contributed by atoms with van der Waals surface area (Å²) in [5.41, 5.74) is 52.8. The normalized spacial score (nSPS) is 49.6. The van der Waals surface area contributed by atoms with Gasteiger partial charge in [-0.1, -0.05) is 0 Å². The number of amides is 1. The predicted octanol–water partition coefficient (Wildman–Crippen LogP) is -14.7. The maximum atomic E-state index is 12.6. The smallest absolute Gasteiger partial charge is 0.249 e. The zero-order chi connectivity index (χ0) is 53.6. The van der Waals surface area contributed by atoms with Gasteiger partial charge in [-0.05, 0) is 32.2 Å². The van der Waals surface area contributed by atoms with Crippen LogP contribution in [0.15, 0.2) is 0 Å². The number of nitrogens with two attached hydrogens (primary N) is 9. The maximum Gasteiger partial charge on any atom is 0.249 e. The summed E-state index contributed by atoms with van der Waals surface area (Å²) >= 11 is 0. The summed E-state index contributed by atoms with van der Waals surface area (Å²) in [5, 5.41) is 136. The molecule has 4 aliphatic heterocycles. The number of rotatable bonds is 16. The van der Waals surface area contributed by atoms with E-state index in [2.05, 4.69) is 5.32 Å². The molecular formula is C40H80N10O22. The highest BCUT2D eigenvalue weighted by Gasteiger charge is 2.54. The van der Waals surface area contributed by atoms with Crippen LogP contribution in [0.1, 0.15) is 25.7 Å². The SMILES string of the molecule is NCC[C@H](O)C(=O)N[C@@H]1C[C@H](N)[C@@H](O[C@H]2O[C@H](CN)[C@@H](O)[C@H](O)[C@H]2O)[C@H](O)[C@H]1O[C@H]1O[C@H](CO)[C@@H](O)[C@H](N)[C@H]1O.NC[C@H]1O[C@H](O[C@H]2[C@H](O)[C@@H](O[C@H]3O[C@H](CO)[C@@H](O)[C@H](N)[C@H]3O)[C@H](N)C[C@@H]2N)[C@H](N)C[C@@H]1O. The van der Waals surface area contributed by atoms with Crippen LogP contribution in [0.2, 0.25) is 0 Å². The van der Waals surface area contributed by atoms with Crippen molar-refractivity contribution in [2.75, 3.05) is 32.8 Å². The first-order valence-corrected chi connectivity index (χ1v) is 23.8. The lowest BCUT2D eigenvalue weighted by Gasteiger charge is -2.49. The number of ether oxygens (including phenoxy) is 8. The van der Waals surface area contributed by atoms with Gasteiger partial charge in [-0.25, -0.2) is 0 Å². The third-order valence-electron chi connectivity index (χ3n) is 13.9. The van der Waals surface area contributed by atoms with Gasteiger partial charge in [-0.15, -0.1) is 0 Å². The highest BCUT2D eigenvalue weighted by atomic mass is 16.7. The Labute approximate surface area is 413 Å². The molecule has 32 nitrogen and oxygen atoms in total. The van der Waals surface area contributed by atoms with Gasteiger partial charge < -0.3 is 161 Å². The lowest BCUT2D eigenvalue weighted by Crippen LogP contribution is -2.69. The highest BCUT2D eigenvalue weighted by Crippen LogP contribution is 2.34. The maximum absolute atomic E-state index is 12.6. The molecule has 0 bridgehead atoms. The van der Waals surface area contributed by atoms with Crippen molar-refractivity contribution in [3.63, 3.8) is 0 Å². The number of hydrogen-bond acceptors (Lipinski definition) is 31. The second-order valence-electron chi connectivity index (χ2n) is 19.1.